The largest absolute Gasteiger partial charge is 0.480 e. The fourth-order valence-electron chi connectivity index (χ4n) is 1.85. The number of benzene rings is 1. The molecule has 1 heterocycles. The molecule has 0 fully saturated rings. The van der Waals surface area contributed by atoms with Gasteiger partial charge in [0.25, 0.3) is 0 Å². The molecule has 102 valence electrons. The molecule has 0 aliphatic heterocycles. The summed E-state index contributed by atoms with van der Waals surface area (Å²) in [6.45, 7) is 2.36. The lowest BCUT2D eigenvalue weighted by Crippen LogP contribution is -2.34. The number of carboxylic acid groups (broad SMARTS) is 1. The van der Waals surface area contributed by atoms with E-state index in [1.54, 1.807) is 6.92 Å². The van der Waals surface area contributed by atoms with Gasteiger partial charge in [-0.25, -0.2) is 4.98 Å². The monoisotopic (exact) mass is 263 g/mol. The quantitative estimate of drug-likeness (QED) is 0.846. The van der Waals surface area contributed by atoms with Crippen LogP contribution in [0.5, 0.6) is 0 Å². The van der Waals surface area contributed by atoms with Gasteiger partial charge in [-0.3, -0.25) is 4.79 Å². The highest BCUT2D eigenvalue weighted by molar-refractivity contribution is 5.77. The molecular formula is C13H17N3O3. The molecule has 6 nitrogen and oxygen atoms in total. The Kier molecular flexibility index (Phi) is 3.71. The van der Waals surface area contributed by atoms with E-state index in [1.165, 1.54) is 0 Å². The number of oxazole rings is 1. The third-order valence-electron chi connectivity index (χ3n) is 3.01. The van der Waals surface area contributed by atoms with Gasteiger partial charge in [0.2, 0.25) is 0 Å². The van der Waals surface area contributed by atoms with E-state index in [9.17, 15) is 4.79 Å². The molecule has 1 atom stereocenters. The second-order valence-electron chi connectivity index (χ2n) is 4.54. The van der Waals surface area contributed by atoms with Crippen LogP contribution in [0.15, 0.2) is 22.6 Å². The number of hydrogen-bond acceptors (Lipinski definition) is 5. The number of hydrogen-bond donors (Lipinski definition) is 2. The topological polar surface area (TPSA) is 92.6 Å². The predicted octanol–water partition coefficient (Wildman–Crippen LogP) is 1.37. The van der Waals surface area contributed by atoms with E-state index < -0.39 is 12.0 Å². The maximum Gasteiger partial charge on any atom is 0.320 e. The summed E-state index contributed by atoms with van der Waals surface area (Å²) in [7, 11) is 1.89. The van der Waals surface area contributed by atoms with Crippen LogP contribution in [-0.2, 0) is 4.79 Å². The second kappa shape index (κ2) is 5.27. The summed E-state index contributed by atoms with van der Waals surface area (Å²) in [5.74, 6) is -0.350. The summed E-state index contributed by atoms with van der Waals surface area (Å²) >= 11 is 0. The SMILES string of the molecule is Cc1nc2ccc(N(C)CCC(N)C(=O)O)cc2o1. The van der Waals surface area contributed by atoms with Crippen LogP contribution in [-0.4, -0.2) is 35.7 Å². The molecule has 2 rings (SSSR count). The Morgan fingerprint density at radius 3 is 3.00 bits per heavy atom. The van der Waals surface area contributed by atoms with E-state index in [2.05, 4.69) is 4.98 Å². The number of aliphatic carboxylic acids is 1. The van der Waals surface area contributed by atoms with Crippen molar-refractivity contribution in [3.8, 4) is 0 Å². The van der Waals surface area contributed by atoms with Gasteiger partial charge < -0.3 is 20.2 Å². The summed E-state index contributed by atoms with van der Waals surface area (Å²) in [6, 6.07) is 4.87. The number of aryl methyl sites for hydroxylation is 1. The number of carbonyl (C=O) groups is 1. The average molecular weight is 263 g/mol. The summed E-state index contributed by atoms with van der Waals surface area (Å²) in [4.78, 5) is 16.8. The van der Waals surface area contributed by atoms with Crippen molar-refractivity contribution in [3.05, 3.63) is 24.1 Å². The zero-order valence-corrected chi connectivity index (χ0v) is 11.0. The van der Waals surface area contributed by atoms with Gasteiger partial charge in [-0.2, -0.15) is 0 Å². The number of aromatic nitrogens is 1. The number of rotatable bonds is 5. The van der Waals surface area contributed by atoms with Crippen molar-refractivity contribution in [3.63, 3.8) is 0 Å². The van der Waals surface area contributed by atoms with Crippen LogP contribution in [0.25, 0.3) is 11.1 Å². The van der Waals surface area contributed by atoms with Gasteiger partial charge in [0.1, 0.15) is 11.6 Å². The lowest BCUT2D eigenvalue weighted by Gasteiger charge is -2.20. The average Bonchev–Trinajstić information content (AvgIpc) is 2.74. The van der Waals surface area contributed by atoms with Gasteiger partial charge in [0, 0.05) is 32.3 Å². The summed E-state index contributed by atoms with van der Waals surface area (Å²) < 4.78 is 5.47. The molecule has 2 aromatic rings. The molecule has 6 heteroatoms. The van der Waals surface area contributed by atoms with E-state index in [0.717, 1.165) is 16.8 Å². The highest BCUT2D eigenvalue weighted by Gasteiger charge is 2.13. The zero-order valence-electron chi connectivity index (χ0n) is 11.0. The van der Waals surface area contributed by atoms with Crippen LogP contribution < -0.4 is 10.6 Å². The number of nitrogens with zero attached hydrogens (tertiary/aromatic N) is 2. The molecule has 0 saturated heterocycles. The van der Waals surface area contributed by atoms with Crippen molar-refractivity contribution in [2.75, 3.05) is 18.5 Å². The maximum atomic E-state index is 10.7. The lowest BCUT2D eigenvalue weighted by molar-refractivity contribution is -0.138. The van der Waals surface area contributed by atoms with E-state index in [-0.39, 0.29) is 0 Å². The molecule has 0 amide bonds. The summed E-state index contributed by atoms with van der Waals surface area (Å²) in [5.41, 5.74) is 7.97. The van der Waals surface area contributed by atoms with Crippen molar-refractivity contribution < 1.29 is 14.3 Å². The maximum absolute atomic E-state index is 10.7. The van der Waals surface area contributed by atoms with Gasteiger partial charge in [0.05, 0.1) is 0 Å². The Morgan fingerprint density at radius 2 is 2.32 bits per heavy atom. The standard InChI is InChI=1S/C13H17N3O3/c1-8-15-11-4-3-9(7-12(11)19-8)16(2)6-5-10(14)13(17)18/h3-4,7,10H,5-6,14H2,1-2H3,(H,17,18). The molecule has 1 aromatic carbocycles. The van der Waals surface area contributed by atoms with Crippen LogP contribution >= 0.6 is 0 Å². The van der Waals surface area contributed by atoms with Crippen LogP contribution in [0.4, 0.5) is 5.69 Å². The third-order valence-corrected chi connectivity index (χ3v) is 3.01. The first-order valence-electron chi connectivity index (χ1n) is 6.04. The fourth-order valence-corrected chi connectivity index (χ4v) is 1.85. The predicted molar refractivity (Wildman–Crippen MR) is 72.2 cm³/mol. The van der Waals surface area contributed by atoms with Gasteiger partial charge in [0.15, 0.2) is 11.5 Å². The van der Waals surface area contributed by atoms with Crippen LogP contribution in [0.2, 0.25) is 0 Å². The Bertz CT molecular complexity index is 594. The lowest BCUT2D eigenvalue weighted by atomic mass is 10.2. The Balaban J connectivity index is 2.08. The molecule has 19 heavy (non-hydrogen) atoms. The first-order valence-corrected chi connectivity index (χ1v) is 6.04. The molecule has 1 unspecified atom stereocenters. The fraction of sp³-hybridized carbons (Fsp3) is 0.385. The van der Waals surface area contributed by atoms with Crippen molar-refractivity contribution in [1.82, 2.24) is 4.98 Å². The van der Waals surface area contributed by atoms with E-state index in [4.69, 9.17) is 15.3 Å². The molecular weight excluding hydrogens is 246 g/mol. The van der Waals surface area contributed by atoms with Crippen LogP contribution in [0, 0.1) is 6.92 Å². The minimum atomic E-state index is -0.977. The van der Waals surface area contributed by atoms with Crippen molar-refractivity contribution in [2.24, 2.45) is 5.73 Å². The molecule has 0 aliphatic carbocycles. The van der Waals surface area contributed by atoms with Crippen molar-refractivity contribution >= 4 is 22.8 Å². The summed E-state index contributed by atoms with van der Waals surface area (Å²) in [5, 5.41) is 8.74. The normalized spacial score (nSPS) is 12.6. The molecule has 0 saturated carbocycles. The molecule has 3 N–H and O–H groups in total. The second-order valence-corrected chi connectivity index (χ2v) is 4.54. The first kappa shape index (κ1) is 13.4. The summed E-state index contributed by atoms with van der Waals surface area (Å²) in [6.07, 6.45) is 0.388. The Hall–Kier alpha value is -2.08. The molecule has 0 radical (unpaired) electrons. The van der Waals surface area contributed by atoms with Gasteiger partial charge >= 0.3 is 5.97 Å². The minimum absolute atomic E-state index is 0.388. The zero-order chi connectivity index (χ0) is 14.0. The highest BCUT2D eigenvalue weighted by atomic mass is 16.4. The highest BCUT2D eigenvalue weighted by Crippen LogP contribution is 2.22. The van der Waals surface area contributed by atoms with E-state index >= 15 is 0 Å². The first-order chi connectivity index (χ1) is 8.97. The van der Waals surface area contributed by atoms with Gasteiger partial charge in [-0.15, -0.1) is 0 Å². The van der Waals surface area contributed by atoms with Crippen molar-refractivity contribution in [1.29, 1.82) is 0 Å². The van der Waals surface area contributed by atoms with Crippen molar-refractivity contribution in [2.45, 2.75) is 19.4 Å². The third kappa shape index (κ3) is 3.03. The van der Waals surface area contributed by atoms with E-state index in [1.807, 2.05) is 30.1 Å². The Labute approximate surface area is 110 Å². The molecule has 1 aromatic heterocycles. The number of nitrogens with two attached hydrogens (primary N) is 1. The molecule has 0 bridgehead atoms. The van der Waals surface area contributed by atoms with Crippen LogP contribution in [0.3, 0.4) is 0 Å². The Morgan fingerprint density at radius 1 is 1.58 bits per heavy atom. The minimum Gasteiger partial charge on any atom is -0.480 e. The van der Waals surface area contributed by atoms with Crippen LogP contribution in [0.1, 0.15) is 12.3 Å². The smallest absolute Gasteiger partial charge is 0.320 e. The number of anilines is 1. The molecule has 0 aliphatic rings. The number of carboxylic acids is 1. The van der Waals surface area contributed by atoms with E-state index in [0.29, 0.717) is 18.9 Å². The molecule has 0 spiro atoms. The van der Waals surface area contributed by atoms with Gasteiger partial charge in [-0.1, -0.05) is 0 Å². The number of fused-ring (bicyclic) bond motifs is 1. The van der Waals surface area contributed by atoms with Gasteiger partial charge in [-0.05, 0) is 18.6 Å².